The van der Waals surface area contributed by atoms with Crippen LogP contribution in [0.4, 0.5) is 5.69 Å². The fourth-order valence-electron chi connectivity index (χ4n) is 4.09. The molecule has 0 aliphatic heterocycles. The second kappa shape index (κ2) is 12.9. The molecule has 202 valence electrons. The van der Waals surface area contributed by atoms with Gasteiger partial charge in [-0.2, -0.15) is 0 Å². The van der Waals surface area contributed by atoms with Gasteiger partial charge in [-0.25, -0.2) is 8.42 Å². The number of likely N-dealkylation sites (N-methyl/N-ethyl adjacent to an activating group) is 1. The van der Waals surface area contributed by atoms with Crippen molar-refractivity contribution in [3.63, 3.8) is 0 Å². The number of nitrogens with zero attached hydrogens (tertiary/aromatic N) is 2. The topological polar surface area (TPSA) is 86.8 Å². The first-order chi connectivity index (χ1) is 18.0. The van der Waals surface area contributed by atoms with Crippen molar-refractivity contribution in [2.45, 2.75) is 39.8 Å². The number of nitrogens with one attached hydrogen (secondary N) is 1. The highest BCUT2D eigenvalue weighted by atomic mass is 35.5. The van der Waals surface area contributed by atoms with Crippen LogP contribution in [0, 0.1) is 13.8 Å². The van der Waals surface area contributed by atoms with Crippen LogP contribution in [0.5, 0.6) is 0 Å². The Hall–Kier alpha value is -3.36. The zero-order valence-electron chi connectivity index (χ0n) is 22.1. The van der Waals surface area contributed by atoms with Crippen LogP contribution in [0.1, 0.15) is 29.2 Å². The minimum absolute atomic E-state index is 0.139. The van der Waals surface area contributed by atoms with Gasteiger partial charge in [0, 0.05) is 24.5 Å². The van der Waals surface area contributed by atoms with Crippen LogP contribution in [0.15, 0.2) is 72.8 Å². The van der Waals surface area contributed by atoms with Gasteiger partial charge < -0.3 is 10.2 Å². The lowest BCUT2D eigenvalue weighted by Crippen LogP contribution is -2.53. The van der Waals surface area contributed by atoms with Gasteiger partial charge in [-0.05, 0) is 49.6 Å². The van der Waals surface area contributed by atoms with Gasteiger partial charge in [0.25, 0.3) is 0 Å². The van der Waals surface area contributed by atoms with E-state index < -0.39 is 28.5 Å². The predicted molar refractivity (Wildman–Crippen MR) is 153 cm³/mol. The zero-order chi connectivity index (χ0) is 27.9. The molecule has 3 aromatic carbocycles. The van der Waals surface area contributed by atoms with Crippen molar-refractivity contribution < 1.29 is 18.0 Å². The van der Waals surface area contributed by atoms with Gasteiger partial charge in [-0.1, -0.05) is 77.8 Å². The van der Waals surface area contributed by atoms with E-state index in [9.17, 15) is 18.0 Å². The molecule has 0 heterocycles. The van der Waals surface area contributed by atoms with Crippen molar-refractivity contribution in [2.75, 3.05) is 23.7 Å². The van der Waals surface area contributed by atoms with Crippen LogP contribution >= 0.6 is 11.6 Å². The number of aryl methyl sites for hydroxylation is 2. The average Bonchev–Trinajstić information content (AvgIpc) is 2.87. The van der Waals surface area contributed by atoms with Gasteiger partial charge in [-0.3, -0.25) is 13.9 Å². The van der Waals surface area contributed by atoms with E-state index in [0.29, 0.717) is 11.6 Å². The lowest BCUT2D eigenvalue weighted by molar-refractivity contribution is -0.140. The van der Waals surface area contributed by atoms with Crippen molar-refractivity contribution in [3.05, 3.63) is 100 Å². The Morgan fingerprint density at radius 2 is 1.61 bits per heavy atom. The second-order valence-corrected chi connectivity index (χ2v) is 11.6. The molecule has 1 unspecified atom stereocenters. The fourth-order valence-corrected chi connectivity index (χ4v) is 5.10. The number of hydrogen-bond acceptors (Lipinski definition) is 4. The van der Waals surface area contributed by atoms with E-state index in [2.05, 4.69) is 5.32 Å². The zero-order valence-corrected chi connectivity index (χ0v) is 23.7. The molecule has 0 spiro atoms. The van der Waals surface area contributed by atoms with E-state index in [1.165, 1.54) is 11.0 Å². The number of rotatable bonds is 11. The third-order valence-corrected chi connectivity index (χ3v) is 7.77. The molecule has 3 rings (SSSR count). The van der Waals surface area contributed by atoms with Crippen molar-refractivity contribution >= 4 is 39.1 Å². The summed E-state index contributed by atoms with van der Waals surface area (Å²) in [7, 11) is -3.84. The van der Waals surface area contributed by atoms with Gasteiger partial charge in [0.2, 0.25) is 21.8 Å². The molecule has 9 heteroatoms. The van der Waals surface area contributed by atoms with Gasteiger partial charge in [0.1, 0.15) is 12.6 Å². The lowest BCUT2D eigenvalue weighted by atomic mass is 10.0. The number of carbonyl (C=O) groups is 2. The molecule has 0 radical (unpaired) electrons. The Bertz CT molecular complexity index is 1360. The molecule has 0 saturated carbocycles. The summed E-state index contributed by atoms with van der Waals surface area (Å²) in [6.07, 6.45) is 1.32. The van der Waals surface area contributed by atoms with Gasteiger partial charge in [0.15, 0.2) is 0 Å². The highest BCUT2D eigenvalue weighted by Crippen LogP contribution is 2.25. The van der Waals surface area contributed by atoms with Crippen LogP contribution in [0.3, 0.4) is 0 Å². The first kappa shape index (κ1) is 29.2. The summed E-state index contributed by atoms with van der Waals surface area (Å²) in [4.78, 5) is 28.7. The van der Waals surface area contributed by atoms with Crippen molar-refractivity contribution in [3.8, 4) is 0 Å². The van der Waals surface area contributed by atoms with Crippen molar-refractivity contribution in [1.29, 1.82) is 0 Å². The molecule has 7 nitrogen and oxygen atoms in total. The normalized spacial score (nSPS) is 12.0. The number of hydrogen-bond donors (Lipinski definition) is 1. The largest absolute Gasteiger partial charge is 0.355 e. The molecule has 0 fully saturated rings. The van der Waals surface area contributed by atoms with Crippen LogP contribution in [-0.4, -0.2) is 50.5 Å². The minimum Gasteiger partial charge on any atom is -0.355 e. The summed E-state index contributed by atoms with van der Waals surface area (Å²) in [5.41, 5.74) is 3.85. The molecule has 0 saturated heterocycles. The van der Waals surface area contributed by atoms with Crippen LogP contribution in [0.2, 0.25) is 5.02 Å². The Kier molecular flexibility index (Phi) is 9.94. The summed E-state index contributed by atoms with van der Waals surface area (Å²) in [5, 5.41) is 3.24. The molecule has 38 heavy (non-hydrogen) atoms. The summed E-state index contributed by atoms with van der Waals surface area (Å²) >= 11 is 6.27. The van der Waals surface area contributed by atoms with Crippen LogP contribution in [0.25, 0.3) is 0 Å². The average molecular weight is 556 g/mol. The SMILES string of the molecule is CCNC(=O)C(Cc1ccccc1)N(Cc1ccc(C)cc1)C(=O)CN(c1ccc(C)c(Cl)c1)S(C)(=O)=O. The summed E-state index contributed by atoms with van der Waals surface area (Å²) < 4.78 is 26.7. The molecule has 0 aliphatic carbocycles. The van der Waals surface area contributed by atoms with E-state index >= 15 is 0 Å². The number of benzene rings is 3. The Morgan fingerprint density at radius 1 is 0.947 bits per heavy atom. The Balaban J connectivity index is 2.04. The number of sulfonamides is 1. The highest BCUT2D eigenvalue weighted by Gasteiger charge is 2.32. The maximum absolute atomic E-state index is 13.9. The molecule has 0 bridgehead atoms. The number of amides is 2. The second-order valence-electron chi connectivity index (χ2n) is 9.31. The molecule has 1 N–H and O–H groups in total. The quantitative estimate of drug-likeness (QED) is 0.377. The first-order valence-electron chi connectivity index (χ1n) is 12.4. The molecular formula is C29H34ClN3O4S. The Labute approximate surface area is 230 Å². The monoisotopic (exact) mass is 555 g/mol. The third-order valence-electron chi connectivity index (χ3n) is 6.22. The van der Waals surface area contributed by atoms with Gasteiger partial charge in [-0.15, -0.1) is 0 Å². The smallest absolute Gasteiger partial charge is 0.244 e. The summed E-state index contributed by atoms with van der Waals surface area (Å²) in [6.45, 7) is 5.65. The van der Waals surface area contributed by atoms with E-state index in [1.807, 2.05) is 75.4 Å². The molecular weight excluding hydrogens is 522 g/mol. The standard InChI is InChI=1S/C29H34ClN3O4S/c1-5-31-29(35)27(17-23-9-7-6-8-10-23)32(19-24-14-11-21(2)12-15-24)28(34)20-33(38(4,36)37)25-16-13-22(3)26(30)18-25/h6-16,18,27H,5,17,19-20H2,1-4H3,(H,31,35). The van der Waals surface area contributed by atoms with E-state index in [4.69, 9.17) is 11.6 Å². The third kappa shape index (κ3) is 7.82. The summed E-state index contributed by atoms with van der Waals surface area (Å²) in [6, 6.07) is 21.1. The first-order valence-corrected chi connectivity index (χ1v) is 14.6. The fraction of sp³-hybridized carbons (Fsp3) is 0.310. The summed E-state index contributed by atoms with van der Waals surface area (Å²) in [5.74, 6) is -0.805. The van der Waals surface area contributed by atoms with Crippen molar-refractivity contribution in [2.24, 2.45) is 0 Å². The number of carbonyl (C=O) groups excluding carboxylic acids is 2. The Morgan fingerprint density at radius 3 is 2.18 bits per heavy atom. The van der Waals surface area contributed by atoms with Crippen molar-refractivity contribution in [1.82, 2.24) is 10.2 Å². The molecule has 1 atom stereocenters. The highest BCUT2D eigenvalue weighted by molar-refractivity contribution is 7.92. The van der Waals surface area contributed by atoms with Gasteiger partial charge >= 0.3 is 0 Å². The lowest BCUT2D eigenvalue weighted by Gasteiger charge is -2.33. The maximum atomic E-state index is 13.9. The maximum Gasteiger partial charge on any atom is 0.244 e. The van der Waals surface area contributed by atoms with E-state index in [1.54, 1.807) is 12.1 Å². The van der Waals surface area contributed by atoms with E-state index in [0.717, 1.165) is 32.8 Å². The number of halogens is 1. The van der Waals surface area contributed by atoms with Crippen LogP contribution < -0.4 is 9.62 Å². The number of anilines is 1. The predicted octanol–water partition coefficient (Wildman–Crippen LogP) is 4.50. The minimum atomic E-state index is -3.84. The van der Waals surface area contributed by atoms with Gasteiger partial charge in [0.05, 0.1) is 11.9 Å². The molecule has 0 aromatic heterocycles. The molecule has 0 aliphatic rings. The van der Waals surface area contributed by atoms with E-state index in [-0.39, 0.29) is 24.6 Å². The molecule has 3 aromatic rings. The molecule has 2 amide bonds. The van der Waals surface area contributed by atoms with Crippen LogP contribution in [-0.2, 0) is 32.6 Å².